The number of esters is 1. The number of ether oxygens (including phenoxy) is 9. The van der Waals surface area contributed by atoms with Crippen LogP contribution < -0.4 is 23.7 Å². The summed E-state index contributed by atoms with van der Waals surface area (Å²) < 4.78 is 67.9. The van der Waals surface area contributed by atoms with Crippen molar-refractivity contribution in [2.45, 2.75) is 46.0 Å². The minimum Gasteiger partial charge on any atom is -0.490 e. The first-order valence-corrected chi connectivity index (χ1v) is 24.3. The Morgan fingerprint density at radius 2 is 1.61 bits per heavy atom. The van der Waals surface area contributed by atoms with E-state index in [-0.39, 0.29) is 47.9 Å². The Balaban J connectivity index is 1.13. The number of hydrogen-bond donors (Lipinski definition) is 1. The maximum Gasteiger partial charge on any atom is 0.347 e. The number of para-hydroxylation sites is 1. The molecule has 0 saturated carbocycles. The number of benzene rings is 4. The van der Waals surface area contributed by atoms with Gasteiger partial charge in [0, 0.05) is 35.7 Å². The minimum absolute atomic E-state index is 0.00575. The van der Waals surface area contributed by atoms with Gasteiger partial charge in [-0.3, -0.25) is 0 Å². The Labute approximate surface area is 423 Å². The Hall–Kier alpha value is -6.18. The van der Waals surface area contributed by atoms with Crippen molar-refractivity contribution in [3.8, 4) is 61.8 Å². The molecule has 0 aliphatic carbocycles. The zero-order chi connectivity index (χ0) is 49.9. The quantitative estimate of drug-likeness (QED) is 0.0635. The fraction of sp³-hybridized carbons (Fsp3) is 0.327. The smallest absolute Gasteiger partial charge is 0.347 e. The molecule has 3 aromatic heterocycles. The SMILES string of the molecule is CCOC(=O)[C@H]1Cc2cc(ccc2OCc2ccnc(-c3ccccc3OCCOCCOCCOC)n2)OC[C@@H](CO)Oc2c(Cl)c(C)c(c(C)c2Cl)-c2c(-c3ccc(F)cc3)sc3ncnc(c23)O1. The van der Waals surface area contributed by atoms with Gasteiger partial charge in [0.15, 0.2) is 17.7 Å². The molecule has 0 spiro atoms. The summed E-state index contributed by atoms with van der Waals surface area (Å²) in [6.45, 7) is 7.41. The second-order valence-electron chi connectivity index (χ2n) is 16.0. The Kier molecular flexibility index (Phi) is 17.5. The van der Waals surface area contributed by atoms with Crippen LogP contribution in [-0.2, 0) is 36.8 Å². The van der Waals surface area contributed by atoms with E-state index in [1.54, 1.807) is 56.6 Å². The topological polar surface area (TPSA) is 172 Å². The molecule has 19 heteroatoms. The molecular formula is C52H51Cl2FN4O11S. The summed E-state index contributed by atoms with van der Waals surface area (Å²) in [6, 6.07) is 20.4. The molecule has 2 aliphatic heterocycles. The summed E-state index contributed by atoms with van der Waals surface area (Å²) in [5.74, 6) is 0.929. The molecule has 0 fully saturated rings. The highest BCUT2D eigenvalue weighted by Crippen LogP contribution is 2.53. The van der Waals surface area contributed by atoms with E-state index in [4.69, 9.17) is 70.8 Å². The molecule has 2 aliphatic rings. The molecule has 4 aromatic carbocycles. The van der Waals surface area contributed by atoms with Gasteiger partial charge < -0.3 is 47.7 Å². The van der Waals surface area contributed by atoms with E-state index in [9.17, 15) is 14.3 Å². The van der Waals surface area contributed by atoms with Crippen LogP contribution in [-0.4, -0.2) is 110 Å². The number of hydrogen-bond acceptors (Lipinski definition) is 16. The molecule has 7 aromatic rings. The first kappa shape index (κ1) is 51.2. The molecule has 372 valence electrons. The molecule has 4 bridgehead atoms. The van der Waals surface area contributed by atoms with Crippen LogP contribution >= 0.6 is 34.5 Å². The molecule has 2 atom stereocenters. The summed E-state index contributed by atoms with van der Waals surface area (Å²) in [4.78, 5) is 33.9. The minimum atomic E-state index is -1.28. The average molecular weight is 1030 g/mol. The predicted octanol–water partition coefficient (Wildman–Crippen LogP) is 9.87. The highest BCUT2D eigenvalue weighted by molar-refractivity contribution is 7.22. The van der Waals surface area contributed by atoms with Crippen LogP contribution in [0.2, 0.25) is 10.0 Å². The molecule has 0 amide bonds. The normalized spacial score (nSPS) is 14.6. The van der Waals surface area contributed by atoms with Crippen molar-refractivity contribution in [3.63, 3.8) is 0 Å². The van der Waals surface area contributed by atoms with Crippen LogP contribution in [0.3, 0.4) is 0 Å². The first-order chi connectivity index (χ1) is 34.6. The summed E-state index contributed by atoms with van der Waals surface area (Å²) in [7, 11) is 1.62. The number of nitrogens with zero attached hydrogens (tertiary/aromatic N) is 4. The van der Waals surface area contributed by atoms with Crippen molar-refractivity contribution < 1.29 is 56.9 Å². The van der Waals surface area contributed by atoms with Gasteiger partial charge >= 0.3 is 5.97 Å². The number of methoxy groups -OCH3 is 1. The lowest BCUT2D eigenvalue weighted by Gasteiger charge is -2.23. The van der Waals surface area contributed by atoms with Crippen LogP contribution in [0.5, 0.6) is 28.9 Å². The van der Waals surface area contributed by atoms with Gasteiger partial charge in [-0.15, -0.1) is 11.3 Å². The summed E-state index contributed by atoms with van der Waals surface area (Å²) in [5, 5.41) is 11.4. The lowest BCUT2D eigenvalue weighted by molar-refractivity contribution is -0.151. The highest BCUT2D eigenvalue weighted by Gasteiger charge is 2.32. The van der Waals surface area contributed by atoms with E-state index in [1.807, 2.05) is 38.1 Å². The molecule has 1 N–H and O–H groups in total. The molecule has 5 heterocycles. The molecule has 71 heavy (non-hydrogen) atoms. The Bertz CT molecular complexity index is 2930. The van der Waals surface area contributed by atoms with Crippen LogP contribution in [0, 0.1) is 19.7 Å². The fourth-order valence-electron chi connectivity index (χ4n) is 7.83. The lowest BCUT2D eigenvalue weighted by atomic mass is 9.92. The van der Waals surface area contributed by atoms with Gasteiger partial charge in [-0.05, 0) is 91.6 Å². The second kappa shape index (κ2) is 24.3. The number of aliphatic hydroxyl groups is 1. The van der Waals surface area contributed by atoms with E-state index < -0.39 is 30.6 Å². The second-order valence-corrected chi connectivity index (χ2v) is 17.8. The molecule has 9 rings (SSSR count). The predicted molar refractivity (Wildman–Crippen MR) is 267 cm³/mol. The van der Waals surface area contributed by atoms with E-state index in [0.717, 1.165) is 0 Å². The molecular weight excluding hydrogens is 979 g/mol. The average Bonchev–Trinajstić information content (AvgIpc) is 3.77. The van der Waals surface area contributed by atoms with Gasteiger partial charge in [0.05, 0.1) is 72.9 Å². The van der Waals surface area contributed by atoms with Crippen molar-refractivity contribution >= 4 is 50.7 Å². The van der Waals surface area contributed by atoms with Gasteiger partial charge in [-0.2, -0.15) is 0 Å². The number of halogens is 3. The largest absolute Gasteiger partial charge is 0.490 e. The van der Waals surface area contributed by atoms with Crippen molar-refractivity contribution in [1.82, 2.24) is 19.9 Å². The lowest BCUT2D eigenvalue weighted by Crippen LogP contribution is -2.32. The summed E-state index contributed by atoms with van der Waals surface area (Å²) >= 11 is 15.6. The zero-order valence-corrected chi connectivity index (χ0v) is 41.7. The van der Waals surface area contributed by atoms with E-state index >= 15 is 0 Å². The Morgan fingerprint density at radius 3 is 2.35 bits per heavy atom. The molecule has 0 radical (unpaired) electrons. The number of aliphatic hydroxyl groups excluding tert-OH is 1. The molecule has 15 nitrogen and oxygen atoms in total. The van der Waals surface area contributed by atoms with Crippen molar-refractivity contribution in [2.75, 3.05) is 66.6 Å². The Morgan fingerprint density at radius 1 is 0.859 bits per heavy atom. The summed E-state index contributed by atoms with van der Waals surface area (Å²) in [6.07, 6.45) is 0.725. The van der Waals surface area contributed by atoms with Crippen LogP contribution in [0.25, 0.3) is 43.2 Å². The molecule has 0 saturated heterocycles. The number of carbonyl (C=O) groups is 1. The van der Waals surface area contributed by atoms with Gasteiger partial charge in [0.25, 0.3) is 0 Å². The van der Waals surface area contributed by atoms with Crippen molar-refractivity contribution in [1.29, 1.82) is 0 Å². The van der Waals surface area contributed by atoms with Gasteiger partial charge in [0.2, 0.25) is 12.0 Å². The molecule has 0 unspecified atom stereocenters. The van der Waals surface area contributed by atoms with Gasteiger partial charge in [0.1, 0.15) is 54.0 Å². The van der Waals surface area contributed by atoms with Crippen molar-refractivity contribution in [3.05, 3.63) is 124 Å². The van der Waals surface area contributed by atoms with E-state index in [1.165, 1.54) is 29.8 Å². The van der Waals surface area contributed by atoms with E-state index in [0.29, 0.717) is 122 Å². The van der Waals surface area contributed by atoms with Crippen LogP contribution in [0.1, 0.15) is 29.3 Å². The number of aromatic nitrogens is 4. The highest BCUT2D eigenvalue weighted by atomic mass is 35.5. The van der Waals surface area contributed by atoms with Crippen LogP contribution in [0.15, 0.2) is 85.3 Å². The maximum absolute atomic E-state index is 14.4. The van der Waals surface area contributed by atoms with E-state index in [2.05, 4.69) is 15.0 Å². The summed E-state index contributed by atoms with van der Waals surface area (Å²) in [5.41, 5.74) is 4.82. The number of fused-ring (bicyclic) bond motifs is 7. The zero-order valence-electron chi connectivity index (χ0n) is 39.4. The van der Waals surface area contributed by atoms with Gasteiger partial charge in [-0.1, -0.05) is 47.5 Å². The third kappa shape index (κ3) is 12.1. The monoisotopic (exact) mass is 1030 g/mol. The third-order valence-electron chi connectivity index (χ3n) is 11.3. The fourth-order valence-corrected chi connectivity index (χ4v) is 9.49. The van der Waals surface area contributed by atoms with Crippen molar-refractivity contribution in [2.24, 2.45) is 0 Å². The number of thiophene rings is 1. The maximum atomic E-state index is 14.4. The number of rotatable bonds is 18. The van der Waals surface area contributed by atoms with Gasteiger partial charge in [-0.25, -0.2) is 29.1 Å². The third-order valence-corrected chi connectivity index (χ3v) is 13.3. The first-order valence-electron chi connectivity index (χ1n) is 22.8. The standard InChI is InChI=1S/C52H51Cl2FN4O11S/c1-5-65-52(61)41-25-33-24-36(14-15-39(33)68-27-35-16-17-56-49(59-35)38-8-6-7-9-40(38)66-23-22-64-21-20-63-19-18-62-4)67-28-37(26-60)69-47-45(53)30(2)42(31(3)46(47)54)43-44-50(70-41)57-29-58-51(44)71-48(43)32-10-12-34(55)13-11-32/h6-17,24,29,37,41,60H,5,18-23,25-28H2,1-4H3/t37-,41-/m1/s1. The number of carbonyl (C=O) groups excluding carboxylic acids is 1. The van der Waals surface area contributed by atoms with Crippen LogP contribution in [0.4, 0.5) is 4.39 Å².